The lowest BCUT2D eigenvalue weighted by Gasteiger charge is -2.14. The van der Waals surface area contributed by atoms with Crippen molar-refractivity contribution in [3.05, 3.63) is 34.3 Å². The Labute approximate surface area is 107 Å². The molecule has 0 spiro atoms. The smallest absolute Gasteiger partial charge is 0.251 e. The summed E-state index contributed by atoms with van der Waals surface area (Å²) < 4.78 is 0. The van der Waals surface area contributed by atoms with Gasteiger partial charge in [0.15, 0.2) is 0 Å². The monoisotopic (exact) mass is 255 g/mol. The van der Waals surface area contributed by atoms with Crippen LogP contribution in [0, 0.1) is 6.92 Å². The zero-order chi connectivity index (χ0) is 12.8. The van der Waals surface area contributed by atoms with Gasteiger partial charge in [0.2, 0.25) is 0 Å². The molecule has 17 heavy (non-hydrogen) atoms. The lowest BCUT2D eigenvalue weighted by molar-refractivity contribution is 0.0936. The Balaban J connectivity index is 2.63. The SMILES string of the molecule is Cc1cc(Cl)ccc1C(=O)NC(C)CCCO. The normalized spacial score (nSPS) is 12.2. The molecule has 0 bridgehead atoms. The van der Waals surface area contributed by atoms with Crippen LogP contribution in [0.2, 0.25) is 5.02 Å². The van der Waals surface area contributed by atoms with Gasteiger partial charge in [-0.05, 0) is 50.5 Å². The number of nitrogens with one attached hydrogen (secondary N) is 1. The molecule has 2 N–H and O–H groups in total. The van der Waals surface area contributed by atoms with Crippen molar-refractivity contribution < 1.29 is 9.90 Å². The maximum atomic E-state index is 11.9. The van der Waals surface area contributed by atoms with Crippen molar-refractivity contribution in [3.63, 3.8) is 0 Å². The Morgan fingerprint density at radius 1 is 1.53 bits per heavy atom. The van der Waals surface area contributed by atoms with Crippen molar-refractivity contribution in [3.8, 4) is 0 Å². The number of benzene rings is 1. The number of aryl methyl sites for hydroxylation is 1. The van der Waals surface area contributed by atoms with Crippen LogP contribution < -0.4 is 5.32 Å². The molecule has 0 saturated heterocycles. The molecule has 3 nitrogen and oxygen atoms in total. The van der Waals surface area contributed by atoms with Gasteiger partial charge in [-0.1, -0.05) is 11.6 Å². The topological polar surface area (TPSA) is 49.3 Å². The first-order valence-electron chi connectivity index (χ1n) is 5.72. The predicted octanol–water partition coefficient (Wildman–Crippen LogP) is 2.54. The molecular formula is C13H18ClNO2. The fraction of sp³-hybridized carbons (Fsp3) is 0.462. The van der Waals surface area contributed by atoms with Gasteiger partial charge >= 0.3 is 0 Å². The largest absolute Gasteiger partial charge is 0.396 e. The molecule has 94 valence electrons. The molecule has 0 radical (unpaired) electrons. The van der Waals surface area contributed by atoms with Crippen LogP contribution in [-0.2, 0) is 0 Å². The van der Waals surface area contributed by atoms with E-state index in [0.717, 1.165) is 12.0 Å². The quantitative estimate of drug-likeness (QED) is 0.850. The first kappa shape index (κ1) is 14.0. The van der Waals surface area contributed by atoms with Crippen molar-refractivity contribution >= 4 is 17.5 Å². The van der Waals surface area contributed by atoms with E-state index < -0.39 is 0 Å². The molecule has 0 aromatic heterocycles. The Bertz CT molecular complexity index is 393. The summed E-state index contributed by atoms with van der Waals surface area (Å²) in [5.74, 6) is -0.0930. The number of halogens is 1. The van der Waals surface area contributed by atoms with E-state index in [1.807, 2.05) is 13.8 Å². The van der Waals surface area contributed by atoms with Crippen molar-refractivity contribution in [1.29, 1.82) is 0 Å². The van der Waals surface area contributed by atoms with E-state index in [0.29, 0.717) is 17.0 Å². The highest BCUT2D eigenvalue weighted by atomic mass is 35.5. The van der Waals surface area contributed by atoms with E-state index in [4.69, 9.17) is 16.7 Å². The number of amides is 1. The van der Waals surface area contributed by atoms with E-state index >= 15 is 0 Å². The van der Waals surface area contributed by atoms with Gasteiger partial charge in [0.1, 0.15) is 0 Å². The Morgan fingerprint density at radius 2 is 2.24 bits per heavy atom. The Hall–Kier alpha value is -1.06. The Morgan fingerprint density at radius 3 is 2.82 bits per heavy atom. The molecule has 0 heterocycles. The van der Waals surface area contributed by atoms with Gasteiger partial charge in [0, 0.05) is 23.2 Å². The van der Waals surface area contributed by atoms with Crippen LogP contribution in [0.5, 0.6) is 0 Å². The molecular weight excluding hydrogens is 238 g/mol. The van der Waals surface area contributed by atoms with E-state index in [1.165, 1.54) is 0 Å². The second kappa shape index (κ2) is 6.62. The molecule has 1 unspecified atom stereocenters. The molecule has 1 aromatic carbocycles. The number of carbonyl (C=O) groups excluding carboxylic acids is 1. The second-order valence-electron chi connectivity index (χ2n) is 4.20. The second-order valence-corrected chi connectivity index (χ2v) is 4.64. The van der Waals surface area contributed by atoms with Crippen LogP contribution in [0.3, 0.4) is 0 Å². The lowest BCUT2D eigenvalue weighted by atomic mass is 10.1. The molecule has 1 aromatic rings. The summed E-state index contributed by atoms with van der Waals surface area (Å²) in [7, 11) is 0. The van der Waals surface area contributed by atoms with Gasteiger partial charge in [-0.25, -0.2) is 0 Å². The van der Waals surface area contributed by atoms with Gasteiger partial charge < -0.3 is 10.4 Å². The number of aliphatic hydroxyl groups excluding tert-OH is 1. The van der Waals surface area contributed by atoms with Crippen LogP contribution in [0.15, 0.2) is 18.2 Å². The van der Waals surface area contributed by atoms with Gasteiger partial charge in [-0.3, -0.25) is 4.79 Å². The summed E-state index contributed by atoms with van der Waals surface area (Å²) in [5.41, 5.74) is 1.51. The first-order valence-corrected chi connectivity index (χ1v) is 6.10. The highest BCUT2D eigenvalue weighted by Crippen LogP contribution is 2.15. The highest BCUT2D eigenvalue weighted by Gasteiger charge is 2.11. The zero-order valence-electron chi connectivity index (χ0n) is 10.2. The minimum atomic E-state index is -0.0930. The molecule has 0 aliphatic rings. The van der Waals surface area contributed by atoms with E-state index in [2.05, 4.69) is 5.32 Å². The fourth-order valence-corrected chi connectivity index (χ4v) is 1.88. The molecule has 0 saturated carbocycles. The van der Waals surface area contributed by atoms with Gasteiger partial charge in [0.05, 0.1) is 0 Å². The first-order chi connectivity index (χ1) is 8.04. The van der Waals surface area contributed by atoms with Crippen LogP contribution in [0.1, 0.15) is 35.7 Å². The maximum Gasteiger partial charge on any atom is 0.251 e. The van der Waals surface area contributed by atoms with Crippen molar-refractivity contribution in [2.75, 3.05) is 6.61 Å². The summed E-state index contributed by atoms with van der Waals surface area (Å²) in [4.78, 5) is 11.9. The fourth-order valence-electron chi connectivity index (χ4n) is 1.65. The van der Waals surface area contributed by atoms with Crippen LogP contribution in [-0.4, -0.2) is 23.7 Å². The van der Waals surface area contributed by atoms with Crippen LogP contribution in [0.4, 0.5) is 0 Å². The number of hydrogen-bond donors (Lipinski definition) is 2. The van der Waals surface area contributed by atoms with Gasteiger partial charge in [0.25, 0.3) is 5.91 Å². The number of aliphatic hydroxyl groups is 1. The summed E-state index contributed by atoms with van der Waals surface area (Å²) in [5, 5.41) is 12.2. The van der Waals surface area contributed by atoms with Crippen molar-refractivity contribution in [2.45, 2.75) is 32.7 Å². The number of carbonyl (C=O) groups is 1. The standard InChI is InChI=1S/C13H18ClNO2/c1-9-8-11(14)5-6-12(9)13(17)15-10(2)4-3-7-16/h5-6,8,10,16H,3-4,7H2,1-2H3,(H,15,17). The summed E-state index contributed by atoms with van der Waals surface area (Å²) in [6.45, 7) is 3.94. The average Bonchev–Trinajstić information content (AvgIpc) is 2.26. The molecule has 1 rings (SSSR count). The third kappa shape index (κ3) is 4.36. The van der Waals surface area contributed by atoms with Crippen molar-refractivity contribution in [1.82, 2.24) is 5.32 Å². The summed E-state index contributed by atoms with van der Waals surface area (Å²) >= 11 is 5.84. The predicted molar refractivity (Wildman–Crippen MR) is 69.4 cm³/mol. The maximum absolute atomic E-state index is 11.9. The summed E-state index contributed by atoms with van der Waals surface area (Å²) in [6, 6.07) is 5.27. The van der Waals surface area contributed by atoms with Crippen LogP contribution >= 0.6 is 11.6 Å². The Kier molecular flexibility index (Phi) is 5.45. The third-order valence-electron chi connectivity index (χ3n) is 2.61. The van der Waals surface area contributed by atoms with Gasteiger partial charge in [-0.15, -0.1) is 0 Å². The average molecular weight is 256 g/mol. The third-order valence-corrected chi connectivity index (χ3v) is 2.84. The molecule has 0 aliphatic heterocycles. The summed E-state index contributed by atoms with van der Waals surface area (Å²) in [6.07, 6.45) is 1.47. The van der Waals surface area contributed by atoms with Crippen molar-refractivity contribution in [2.24, 2.45) is 0 Å². The molecule has 0 aliphatic carbocycles. The van der Waals surface area contributed by atoms with E-state index in [1.54, 1.807) is 18.2 Å². The highest BCUT2D eigenvalue weighted by molar-refractivity contribution is 6.30. The number of rotatable bonds is 5. The molecule has 4 heteroatoms. The van der Waals surface area contributed by atoms with Crippen LogP contribution in [0.25, 0.3) is 0 Å². The minimum Gasteiger partial charge on any atom is -0.396 e. The zero-order valence-corrected chi connectivity index (χ0v) is 10.9. The minimum absolute atomic E-state index is 0.0599. The molecule has 0 fully saturated rings. The molecule has 1 amide bonds. The lowest BCUT2D eigenvalue weighted by Crippen LogP contribution is -2.33. The number of hydrogen-bond acceptors (Lipinski definition) is 2. The van der Waals surface area contributed by atoms with E-state index in [-0.39, 0.29) is 18.6 Å². The van der Waals surface area contributed by atoms with E-state index in [9.17, 15) is 4.79 Å². The van der Waals surface area contributed by atoms with Gasteiger partial charge in [-0.2, -0.15) is 0 Å². The molecule has 1 atom stereocenters.